The monoisotopic (exact) mass is 376 g/mol. The zero-order valence-electron chi connectivity index (χ0n) is 15.9. The molecule has 0 aliphatic carbocycles. The first kappa shape index (κ1) is 20.3. The van der Waals surface area contributed by atoms with Gasteiger partial charge in [-0.15, -0.1) is 0 Å². The Morgan fingerprint density at radius 2 is 2.00 bits per heavy atom. The van der Waals surface area contributed by atoms with Gasteiger partial charge in [0.25, 0.3) is 5.56 Å². The van der Waals surface area contributed by atoms with Crippen molar-refractivity contribution in [2.45, 2.75) is 34.1 Å². The van der Waals surface area contributed by atoms with Gasteiger partial charge in [-0.2, -0.15) is 9.78 Å². The van der Waals surface area contributed by atoms with Gasteiger partial charge in [-0.3, -0.25) is 19.4 Å². The number of amides is 2. The molecule has 27 heavy (non-hydrogen) atoms. The SMILES string of the molecule is CCOCCCNC(=O)C(=O)Nc1cc(C)nn1-c1nc(C)c(C)c(=O)[nH]1. The fourth-order valence-electron chi connectivity index (χ4n) is 2.25. The lowest BCUT2D eigenvalue weighted by molar-refractivity contribution is -0.136. The second-order valence-corrected chi connectivity index (χ2v) is 5.94. The van der Waals surface area contributed by atoms with Crippen LogP contribution in [0.1, 0.15) is 30.3 Å². The lowest BCUT2D eigenvalue weighted by Gasteiger charge is -2.09. The summed E-state index contributed by atoms with van der Waals surface area (Å²) in [7, 11) is 0. The number of carbonyl (C=O) groups is 2. The third-order valence-corrected chi connectivity index (χ3v) is 3.82. The molecule has 0 aromatic carbocycles. The topological polar surface area (TPSA) is 131 Å². The van der Waals surface area contributed by atoms with E-state index in [2.05, 4.69) is 25.7 Å². The molecule has 0 unspecified atom stereocenters. The number of aromatic amines is 1. The van der Waals surface area contributed by atoms with Gasteiger partial charge in [0, 0.05) is 37.1 Å². The fourth-order valence-corrected chi connectivity index (χ4v) is 2.25. The molecule has 2 aromatic heterocycles. The van der Waals surface area contributed by atoms with E-state index in [0.29, 0.717) is 43.1 Å². The summed E-state index contributed by atoms with van der Waals surface area (Å²) in [5, 5.41) is 9.23. The van der Waals surface area contributed by atoms with E-state index < -0.39 is 11.8 Å². The van der Waals surface area contributed by atoms with Gasteiger partial charge >= 0.3 is 11.8 Å². The average Bonchev–Trinajstić information content (AvgIpc) is 2.99. The van der Waals surface area contributed by atoms with Crippen LogP contribution in [-0.2, 0) is 14.3 Å². The summed E-state index contributed by atoms with van der Waals surface area (Å²) in [6.07, 6.45) is 0.609. The Bertz CT molecular complexity index is 886. The van der Waals surface area contributed by atoms with Crippen LogP contribution in [-0.4, -0.2) is 51.3 Å². The summed E-state index contributed by atoms with van der Waals surface area (Å²) in [4.78, 5) is 42.9. The van der Waals surface area contributed by atoms with Gasteiger partial charge in [0.05, 0.1) is 5.69 Å². The molecule has 10 heteroatoms. The van der Waals surface area contributed by atoms with Crippen molar-refractivity contribution < 1.29 is 14.3 Å². The largest absolute Gasteiger partial charge is 0.382 e. The first-order valence-electron chi connectivity index (χ1n) is 8.65. The van der Waals surface area contributed by atoms with Crippen LogP contribution in [0.2, 0.25) is 0 Å². The van der Waals surface area contributed by atoms with Gasteiger partial charge in [-0.25, -0.2) is 4.98 Å². The van der Waals surface area contributed by atoms with Gasteiger partial charge in [0.2, 0.25) is 5.95 Å². The Hall–Kier alpha value is -3.01. The molecule has 2 aromatic rings. The smallest absolute Gasteiger partial charge is 0.314 e. The number of anilines is 1. The summed E-state index contributed by atoms with van der Waals surface area (Å²) in [6.45, 7) is 8.42. The molecular formula is C17H24N6O4. The van der Waals surface area contributed by atoms with Crippen molar-refractivity contribution >= 4 is 17.6 Å². The molecule has 0 atom stereocenters. The molecule has 146 valence electrons. The first-order valence-corrected chi connectivity index (χ1v) is 8.65. The Labute approximate surface area is 156 Å². The van der Waals surface area contributed by atoms with Crippen molar-refractivity contribution in [3.63, 3.8) is 0 Å². The predicted molar refractivity (Wildman–Crippen MR) is 98.9 cm³/mol. The molecule has 10 nitrogen and oxygen atoms in total. The minimum Gasteiger partial charge on any atom is -0.382 e. The van der Waals surface area contributed by atoms with E-state index in [9.17, 15) is 14.4 Å². The number of aryl methyl sites for hydroxylation is 2. The van der Waals surface area contributed by atoms with E-state index in [1.54, 1.807) is 26.8 Å². The molecule has 3 N–H and O–H groups in total. The van der Waals surface area contributed by atoms with E-state index in [-0.39, 0.29) is 17.3 Å². The third-order valence-electron chi connectivity index (χ3n) is 3.82. The number of aromatic nitrogens is 4. The van der Waals surface area contributed by atoms with E-state index in [1.165, 1.54) is 4.68 Å². The number of ether oxygens (including phenoxy) is 1. The molecule has 2 amide bonds. The van der Waals surface area contributed by atoms with Crippen LogP contribution in [0, 0.1) is 20.8 Å². The molecule has 2 heterocycles. The molecule has 0 fully saturated rings. The predicted octanol–water partition coefficient (Wildman–Crippen LogP) is 0.362. The molecule has 2 rings (SSSR count). The standard InChI is InChI=1S/C17H24N6O4/c1-5-27-8-6-7-18-15(25)16(26)20-13-9-10(2)22-23(13)17-19-12(4)11(3)14(24)21-17/h9H,5-8H2,1-4H3,(H,18,25)(H,20,26)(H,19,21,24). The number of carbonyl (C=O) groups excluding carboxylic acids is 2. The highest BCUT2D eigenvalue weighted by Crippen LogP contribution is 2.14. The molecule has 0 saturated carbocycles. The van der Waals surface area contributed by atoms with E-state index >= 15 is 0 Å². The van der Waals surface area contributed by atoms with Gasteiger partial charge in [0.15, 0.2) is 0 Å². The summed E-state index contributed by atoms with van der Waals surface area (Å²) in [6, 6.07) is 1.58. The van der Waals surface area contributed by atoms with Crippen molar-refractivity contribution in [3.05, 3.63) is 33.4 Å². The van der Waals surface area contributed by atoms with Crippen LogP contribution in [0.25, 0.3) is 5.95 Å². The summed E-state index contributed by atoms with van der Waals surface area (Å²) in [5.74, 6) is -1.21. The Morgan fingerprint density at radius 1 is 1.26 bits per heavy atom. The summed E-state index contributed by atoms with van der Waals surface area (Å²) < 4.78 is 6.45. The third kappa shape index (κ3) is 5.23. The number of nitrogens with zero attached hydrogens (tertiary/aromatic N) is 3. The van der Waals surface area contributed by atoms with Crippen molar-refractivity contribution in [3.8, 4) is 5.95 Å². The van der Waals surface area contributed by atoms with E-state index in [0.717, 1.165) is 0 Å². The van der Waals surface area contributed by atoms with E-state index in [1.807, 2.05) is 6.92 Å². The number of H-pyrrole nitrogens is 1. The molecule has 0 spiro atoms. The second-order valence-electron chi connectivity index (χ2n) is 5.94. The molecule has 0 saturated heterocycles. The first-order chi connectivity index (χ1) is 12.8. The Kier molecular flexibility index (Phi) is 6.83. The fraction of sp³-hybridized carbons (Fsp3) is 0.471. The lowest BCUT2D eigenvalue weighted by Crippen LogP contribution is -2.36. The molecular weight excluding hydrogens is 352 g/mol. The van der Waals surface area contributed by atoms with Crippen molar-refractivity contribution in [1.82, 2.24) is 25.1 Å². The maximum absolute atomic E-state index is 12.1. The molecule has 0 bridgehead atoms. The highest BCUT2D eigenvalue weighted by Gasteiger charge is 2.18. The highest BCUT2D eigenvalue weighted by atomic mass is 16.5. The van der Waals surface area contributed by atoms with Crippen molar-refractivity contribution in [2.75, 3.05) is 25.1 Å². The van der Waals surface area contributed by atoms with Crippen molar-refractivity contribution in [1.29, 1.82) is 0 Å². The number of hydrogen-bond donors (Lipinski definition) is 3. The molecule has 0 aliphatic heterocycles. The summed E-state index contributed by atoms with van der Waals surface area (Å²) >= 11 is 0. The maximum atomic E-state index is 12.1. The number of nitrogens with one attached hydrogen (secondary N) is 3. The van der Waals surface area contributed by atoms with Gasteiger partial charge < -0.3 is 15.4 Å². The van der Waals surface area contributed by atoms with Gasteiger partial charge in [0.1, 0.15) is 5.82 Å². The zero-order valence-corrected chi connectivity index (χ0v) is 15.9. The van der Waals surface area contributed by atoms with Crippen LogP contribution in [0.5, 0.6) is 0 Å². The minimum atomic E-state index is -0.834. The summed E-state index contributed by atoms with van der Waals surface area (Å²) in [5.41, 5.74) is 1.34. The second kappa shape index (κ2) is 9.08. The molecule has 0 aliphatic rings. The Morgan fingerprint density at radius 3 is 2.67 bits per heavy atom. The zero-order chi connectivity index (χ0) is 20.0. The maximum Gasteiger partial charge on any atom is 0.314 e. The molecule has 0 radical (unpaired) electrons. The van der Waals surface area contributed by atoms with Crippen LogP contribution < -0.4 is 16.2 Å². The van der Waals surface area contributed by atoms with Crippen LogP contribution in [0.4, 0.5) is 5.82 Å². The van der Waals surface area contributed by atoms with Crippen LogP contribution in [0.15, 0.2) is 10.9 Å². The number of hydrogen-bond acceptors (Lipinski definition) is 6. The van der Waals surface area contributed by atoms with Crippen molar-refractivity contribution in [2.24, 2.45) is 0 Å². The van der Waals surface area contributed by atoms with Gasteiger partial charge in [-0.1, -0.05) is 0 Å². The average molecular weight is 376 g/mol. The Balaban J connectivity index is 2.11. The van der Waals surface area contributed by atoms with Crippen LogP contribution in [0.3, 0.4) is 0 Å². The normalized spacial score (nSPS) is 10.7. The quantitative estimate of drug-likeness (QED) is 0.472. The minimum absolute atomic E-state index is 0.156. The number of rotatable bonds is 7. The van der Waals surface area contributed by atoms with Crippen LogP contribution >= 0.6 is 0 Å². The van der Waals surface area contributed by atoms with E-state index in [4.69, 9.17) is 4.74 Å². The van der Waals surface area contributed by atoms with Gasteiger partial charge in [-0.05, 0) is 34.1 Å². The lowest BCUT2D eigenvalue weighted by atomic mass is 10.3. The highest BCUT2D eigenvalue weighted by molar-refractivity contribution is 6.39.